The van der Waals surface area contributed by atoms with Crippen molar-refractivity contribution in [1.29, 1.82) is 0 Å². The van der Waals surface area contributed by atoms with Crippen LogP contribution in [0.25, 0.3) is 10.9 Å². The molecule has 0 unspecified atom stereocenters. The molecule has 1 aromatic heterocycles. The molecule has 0 spiro atoms. The number of benzene rings is 1. The maximum absolute atomic E-state index is 11.5. The van der Waals surface area contributed by atoms with Gasteiger partial charge in [-0.15, -0.1) is 0 Å². The van der Waals surface area contributed by atoms with Crippen molar-refractivity contribution in [2.75, 3.05) is 13.1 Å². The Labute approximate surface area is 112 Å². The molecule has 1 fully saturated rings. The second-order valence-electron chi connectivity index (χ2n) is 5.35. The standard InChI is InChI=1S/C15H19N3O/c1-9-7-13-11(10-3-2-6-17-8-10)4-5-12(15(16)19)14(13)18-9/h4-5,7,10,17-18H,2-3,6,8H2,1H3,(H2,16,19)/t10-/m0/s1. The van der Waals surface area contributed by atoms with Crippen LogP contribution in [0.3, 0.4) is 0 Å². The van der Waals surface area contributed by atoms with Gasteiger partial charge in [-0.1, -0.05) is 6.07 Å². The zero-order valence-corrected chi connectivity index (χ0v) is 11.1. The topological polar surface area (TPSA) is 70.9 Å². The number of carbonyl (C=O) groups excluding carboxylic acids is 1. The van der Waals surface area contributed by atoms with E-state index in [1.165, 1.54) is 18.4 Å². The van der Waals surface area contributed by atoms with Crippen molar-refractivity contribution in [2.45, 2.75) is 25.7 Å². The highest BCUT2D eigenvalue weighted by Gasteiger charge is 2.20. The van der Waals surface area contributed by atoms with Crippen molar-refractivity contribution in [1.82, 2.24) is 10.3 Å². The van der Waals surface area contributed by atoms with Crippen molar-refractivity contribution in [3.05, 3.63) is 35.0 Å². The minimum absolute atomic E-state index is 0.375. The van der Waals surface area contributed by atoms with Gasteiger partial charge in [-0.2, -0.15) is 0 Å². The zero-order valence-electron chi connectivity index (χ0n) is 11.1. The number of carbonyl (C=O) groups is 1. The number of primary amides is 1. The Morgan fingerprint density at radius 3 is 2.95 bits per heavy atom. The van der Waals surface area contributed by atoms with E-state index in [4.69, 9.17) is 5.73 Å². The summed E-state index contributed by atoms with van der Waals surface area (Å²) < 4.78 is 0. The Bertz CT molecular complexity index is 624. The van der Waals surface area contributed by atoms with E-state index in [2.05, 4.69) is 22.4 Å². The van der Waals surface area contributed by atoms with Gasteiger partial charge < -0.3 is 16.0 Å². The van der Waals surface area contributed by atoms with Gasteiger partial charge in [0.15, 0.2) is 0 Å². The molecule has 4 N–H and O–H groups in total. The van der Waals surface area contributed by atoms with Crippen molar-refractivity contribution in [2.24, 2.45) is 5.73 Å². The van der Waals surface area contributed by atoms with Gasteiger partial charge >= 0.3 is 0 Å². The molecule has 1 aliphatic rings. The van der Waals surface area contributed by atoms with Crippen LogP contribution >= 0.6 is 0 Å². The summed E-state index contributed by atoms with van der Waals surface area (Å²) in [6, 6.07) is 6.03. The molecule has 1 aliphatic heterocycles. The quantitative estimate of drug-likeness (QED) is 0.770. The van der Waals surface area contributed by atoms with Crippen LogP contribution in [0.15, 0.2) is 18.2 Å². The van der Waals surface area contributed by atoms with Crippen molar-refractivity contribution >= 4 is 16.8 Å². The number of rotatable bonds is 2. The maximum atomic E-state index is 11.5. The highest BCUT2D eigenvalue weighted by molar-refractivity contribution is 6.06. The van der Waals surface area contributed by atoms with Gasteiger partial charge in [-0.05, 0) is 49.9 Å². The average molecular weight is 257 g/mol. The van der Waals surface area contributed by atoms with E-state index in [1.54, 1.807) is 0 Å². The molecule has 1 amide bonds. The first-order valence-electron chi connectivity index (χ1n) is 6.79. The first kappa shape index (κ1) is 12.2. The summed E-state index contributed by atoms with van der Waals surface area (Å²) in [5, 5.41) is 4.58. The van der Waals surface area contributed by atoms with E-state index in [9.17, 15) is 4.79 Å². The van der Waals surface area contributed by atoms with E-state index < -0.39 is 0 Å². The molecular weight excluding hydrogens is 238 g/mol. The molecule has 0 radical (unpaired) electrons. The van der Waals surface area contributed by atoms with Crippen LogP contribution in [0.1, 0.15) is 40.4 Å². The van der Waals surface area contributed by atoms with Crippen LogP contribution in [0.4, 0.5) is 0 Å². The average Bonchev–Trinajstić information content (AvgIpc) is 2.79. The lowest BCUT2D eigenvalue weighted by Crippen LogP contribution is -2.28. The van der Waals surface area contributed by atoms with Gasteiger partial charge in [-0.3, -0.25) is 4.79 Å². The summed E-state index contributed by atoms with van der Waals surface area (Å²) in [5.41, 5.74) is 9.29. The van der Waals surface area contributed by atoms with Gasteiger partial charge in [0.2, 0.25) is 0 Å². The normalized spacial score (nSPS) is 19.7. The first-order valence-corrected chi connectivity index (χ1v) is 6.79. The largest absolute Gasteiger partial charge is 0.366 e. The summed E-state index contributed by atoms with van der Waals surface area (Å²) in [5.74, 6) is 0.147. The third-order valence-electron chi connectivity index (χ3n) is 3.96. The molecule has 3 rings (SSSR count). The zero-order chi connectivity index (χ0) is 13.4. The number of nitrogens with one attached hydrogen (secondary N) is 2. The second kappa shape index (κ2) is 4.70. The van der Waals surface area contributed by atoms with Crippen LogP contribution in [0.2, 0.25) is 0 Å². The molecule has 19 heavy (non-hydrogen) atoms. The molecule has 1 saturated heterocycles. The van der Waals surface area contributed by atoms with E-state index in [1.807, 2.05) is 13.0 Å². The fourth-order valence-electron chi connectivity index (χ4n) is 3.05. The molecule has 0 bridgehead atoms. The van der Waals surface area contributed by atoms with Gasteiger partial charge in [-0.25, -0.2) is 0 Å². The molecule has 2 aromatic rings. The minimum atomic E-state index is -0.375. The smallest absolute Gasteiger partial charge is 0.250 e. The van der Waals surface area contributed by atoms with Crippen LogP contribution in [0.5, 0.6) is 0 Å². The Kier molecular flexibility index (Phi) is 3.03. The molecule has 0 aliphatic carbocycles. The number of H-pyrrole nitrogens is 1. The summed E-state index contributed by atoms with van der Waals surface area (Å²) in [6.45, 7) is 4.12. The lowest BCUT2D eigenvalue weighted by molar-refractivity contribution is 0.100. The molecule has 1 aromatic carbocycles. The van der Waals surface area contributed by atoms with E-state index in [0.29, 0.717) is 11.5 Å². The monoisotopic (exact) mass is 257 g/mol. The van der Waals surface area contributed by atoms with E-state index >= 15 is 0 Å². The van der Waals surface area contributed by atoms with Gasteiger partial charge in [0.25, 0.3) is 5.91 Å². The van der Waals surface area contributed by atoms with Gasteiger partial charge in [0.05, 0.1) is 11.1 Å². The van der Waals surface area contributed by atoms with E-state index in [0.717, 1.165) is 29.7 Å². The van der Waals surface area contributed by atoms with Crippen LogP contribution in [0, 0.1) is 6.92 Å². The van der Waals surface area contributed by atoms with Crippen LogP contribution in [-0.2, 0) is 0 Å². The number of aromatic nitrogens is 1. The maximum Gasteiger partial charge on any atom is 0.250 e. The van der Waals surface area contributed by atoms with E-state index in [-0.39, 0.29) is 5.91 Å². The molecule has 4 nitrogen and oxygen atoms in total. The van der Waals surface area contributed by atoms with Gasteiger partial charge in [0, 0.05) is 17.6 Å². The highest BCUT2D eigenvalue weighted by atomic mass is 16.1. The van der Waals surface area contributed by atoms with Crippen molar-refractivity contribution in [3.8, 4) is 0 Å². The first-order chi connectivity index (χ1) is 9.16. The number of hydrogen-bond donors (Lipinski definition) is 3. The molecule has 2 heterocycles. The molecule has 0 saturated carbocycles. The molecule has 1 atom stereocenters. The number of aryl methyl sites for hydroxylation is 1. The number of aromatic amines is 1. The second-order valence-corrected chi connectivity index (χ2v) is 5.35. The predicted molar refractivity (Wildman–Crippen MR) is 76.4 cm³/mol. The lowest BCUT2D eigenvalue weighted by Gasteiger charge is -2.24. The predicted octanol–water partition coefficient (Wildman–Crippen LogP) is 2.04. The summed E-state index contributed by atoms with van der Waals surface area (Å²) in [6.07, 6.45) is 2.40. The molecule has 100 valence electrons. The number of hydrogen-bond acceptors (Lipinski definition) is 2. The third-order valence-corrected chi connectivity index (χ3v) is 3.96. The van der Waals surface area contributed by atoms with Crippen LogP contribution in [-0.4, -0.2) is 24.0 Å². The summed E-state index contributed by atoms with van der Waals surface area (Å²) >= 11 is 0. The molecular formula is C15H19N3O. The minimum Gasteiger partial charge on any atom is -0.366 e. The number of piperidine rings is 1. The Hall–Kier alpha value is -1.81. The number of amides is 1. The fraction of sp³-hybridized carbons (Fsp3) is 0.400. The lowest BCUT2D eigenvalue weighted by atomic mass is 9.88. The van der Waals surface area contributed by atoms with Crippen molar-refractivity contribution < 1.29 is 4.79 Å². The van der Waals surface area contributed by atoms with Crippen molar-refractivity contribution in [3.63, 3.8) is 0 Å². The number of fused-ring (bicyclic) bond motifs is 1. The number of nitrogens with two attached hydrogens (primary N) is 1. The van der Waals surface area contributed by atoms with Crippen LogP contribution < -0.4 is 11.1 Å². The highest BCUT2D eigenvalue weighted by Crippen LogP contribution is 2.32. The SMILES string of the molecule is Cc1cc2c([C@H]3CCCNC3)ccc(C(N)=O)c2[nH]1. The Morgan fingerprint density at radius 1 is 1.42 bits per heavy atom. The summed E-state index contributed by atoms with van der Waals surface area (Å²) in [4.78, 5) is 14.8. The van der Waals surface area contributed by atoms with Gasteiger partial charge in [0.1, 0.15) is 0 Å². The fourth-order valence-corrected chi connectivity index (χ4v) is 3.05. The Morgan fingerprint density at radius 2 is 2.26 bits per heavy atom. The third kappa shape index (κ3) is 2.12. The Balaban J connectivity index is 2.15. The summed E-state index contributed by atoms with van der Waals surface area (Å²) in [7, 11) is 0. The molecule has 4 heteroatoms.